The zero-order valence-electron chi connectivity index (χ0n) is 13.2. The van der Waals surface area contributed by atoms with Crippen molar-refractivity contribution < 1.29 is 9.53 Å². The summed E-state index contributed by atoms with van der Waals surface area (Å²) in [6.45, 7) is 8.42. The van der Waals surface area contributed by atoms with Gasteiger partial charge < -0.3 is 15.4 Å². The number of anilines is 1. The second-order valence-corrected chi connectivity index (χ2v) is 5.94. The Bertz CT molecular complexity index is 474. The van der Waals surface area contributed by atoms with E-state index in [9.17, 15) is 4.79 Å². The quantitative estimate of drug-likeness (QED) is 0.847. The molecule has 2 unspecified atom stereocenters. The minimum absolute atomic E-state index is 0.0502. The van der Waals surface area contributed by atoms with Crippen molar-refractivity contribution in [1.82, 2.24) is 5.32 Å². The van der Waals surface area contributed by atoms with E-state index in [0.717, 1.165) is 18.7 Å². The average molecular weight is 290 g/mol. The number of carbonyl (C=O) groups excluding carboxylic acids is 1. The fourth-order valence-corrected chi connectivity index (χ4v) is 2.68. The number of rotatable bonds is 6. The first-order valence-corrected chi connectivity index (χ1v) is 7.84. The molecule has 1 aliphatic rings. The molecular weight excluding hydrogens is 264 g/mol. The molecule has 1 amide bonds. The standard InChI is InChI=1S/C17H26N2O2/c1-4-9-18-16-11-21-10-14(16)17(20)19-15-8-6-5-7-13(15)12(2)3/h5-8,12,14,16,18H,4,9-11H2,1-3H3,(H,19,20). The van der Waals surface area contributed by atoms with Crippen LogP contribution < -0.4 is 10.6 Å². The van der Waals surface area contributed by atoms with Gasteiger partial charge in [0, 0.05) is 11.7 Å². The van der Waals surface area contributed by atoms with Gasteiger partial charge in [-0.05, 0) is 30.5 Å². The molecule has 0 bridgehead atoms. The Kier molecular flexibility index (Phi) is 5.76. The molecule has 0 aliphatic carbocycles. The van der Waals surface area contributed by atoms with Gasteiger partial charge in [0.05, 0.1) is 19.1 Å². The number of hydrogen-bond acceptors (Lipinski definition) is 3. The van der Waals surface area contributed by atoms with E-state index in [2.05, 4.69) is 37.5 Å². The van der Waals surface area contributed by atoms with Crippen LogP contribution in [-0.4, -0.2) is 31.7 Å². The second-order valence-electron chi connectivity index (χ2n) is 5.94. The first-order chi connectivity index (χ1) is 10.1. The van der Waals surface area contributed by atoms with Crippen molar-refractivity contribution in [2.75, 3.05) is 25.1 Å². The van der Waals surface area contributed by atoms with Crippen LogP contribution in [0.1, 0.15) is 38.7 Å². The third-order valence-corrected chi connectivity index (χ3v) is 3.91. The van der Waals surface area contributed by atoms with Crippen LogP contribution in [0.15, 0.2) is 24.3 Å². The van der Waals surface area contributed by atoms with Gasteiger partial charge in [0.15, 0.2) is 0 Å². The van der Waals surface area contributed by atoms with Crippen LogP contribution in [0.3, 0.4) is 0 Å². The van der Waals surface area contributed by atoms with Gasteiger partial charge in [-0.25, -0.2) is 0 Å². The maximum Gasteiger partial charge on any atom is 0.231 e. The second kappa shape index (κ2) is 7.57. The van der Waals surface area contributed by atoms with Gasteiger partial charge in [-0.1, -0.05) is 39.0 Å². The number of nitrogens with one attached hydrogen (secondary N) is 2. The summed E-state index contributed by atoms with van der Waals surface area (Å²) in [6.07, 6.45) is 1.06. The molecule has 2 atom stereocenters. The topological polar surface area (TPSA) is 50.4 Å². The van der Waals surface area contributed by atoms with E-state index >= 15 is 0 Å². The Balaban J connectivity index is 2.04. The first-order valence-electron chi connectivity index (χ1n) is 7.84. The summed E-state index contributed by atoms with van der Waals surface area (Å²) in [4.78, 5) is 12.5. The molecule has 1 aliphatic heterocycles. The monoisotopic (exact) mass is 290 g/mol. The van der Waals surface area contributed by atoms with Crippen molar-refractivity contribution in [2.45, 2.75) is 39.2 Å². The van der Waals surface area contributed by atoms with Crippen molar-refractivity contribution in [3.8, 4) is 0 Å². The largest absolute Gasteiger partial charge is 0.379 e. The van der Waals surface area contributed by atoms with Gasteiger partial charge in [-0.2, -0.15) is 0 Å². The summed E-state index contributed by atoms with van der Waals surface area (Å²) in [7, 11) is 0. The SMILES string of the molecule is CCCNC1COCC1C(=O)Nc1ccccc1C(C)C. The highest BCUT2D eigenvalue weighted by Crippen LogP contribution is 2.25. The molecule has 0 saturated carbocycles. The molecule has 116 valence electrons. The van der Waals surface area contributed by atoms with E-state index in [1.165, 1.54) is 5.56 Å². The lowest BCUT2D eigenvalue weighted by Crippen LogP contribution is -2.41. The van der Waals surface area contributed by atoms with Crippen LogP contribution in [0.4, 0.5) is 5.69 Å². The van der Waals surface area contributed by atoms with Crippen LogP contribution in [0.25, 0.3) is 0 Å². The van der Waals surface area contributed by atoms with Gasteiger partial charge in [-0.15, -0.1) is 0 Å². The highest BCUT2D eigenvalue weighted by atomic mass is 16.5. The number of hydrogen-bond donors (Lipinski definition) is 2. The molecule has 1 heterocycles. The molecular formula is C17H26N2O2. The fourth-order valence-electron chi connectivity index (χ4n) is 2.68. The normalized spacial score (nSPS) is 21.7. The predicted molar refractivity (Wildman–Crippen MR) is 85.6 cm³/mol. The van der Waals surface area contributed by atoms with Gasteiger partial charge in [0.25, 0.3) is 0 Å². The van der Waals surface area contributed by atoms with E-state index < -0.39 is 0 Å². The first kappa shape index (κ1) is 16.0. The Hall–Kier alpha value is -1.39. The van der Waals surface area contributed by atoms with Crippen molar-refractivity contribution in [1.29, 1.82) is 0 Å². The van der Waals surface area contributed by atoms with Crippen molar-refractivity contribution in [3.63, 3.8) is 0 Å². The minimum Gasteiger partial charge on any atom is -0.379 e. The molecule has 1 aromatic rings. The summed E-state index contributed by atoms with van der Waals surface area (Å²) in [6, 6.07) is 8.13. The van der Waals surface area contributed by atoms with Crippen LogP contribution in [0.2, 0.25) is 0 Å². The zero-order chi connectivity index (χ0) is 15.2. The summed E-state index contributed by atoms with van der Waals surface area (Å²) in [5, 5.41) is 6.48. The number of carbonyl (C=O) groups is 1. The predicted octanol–water partition coefficient (Wildman–Crippen LogP) is 2.76. The Morgan fingerprint density at radius 1 is 1.33 bits per heavy atom. The zero-order valence-corrected chi connectivity index (χ0v) is 13.2. The number of amides is 1. The third-order valence-electron chi connectivity index (χ3n) is 3.91. The summed E-state index contributed by atoms with van der Waals surface area (Å²) >= 11 is 0. The molecule has 0 aromatic heterocycles. The molecule has 0 radical (unpaired) electrons. The minimum atomic E-state index is -0.114. The number of ether oxygens (including phenoxy) is 1. The van der Waals surface area contributed by atoms with Crippen LogP contribution in [-0.2, 0) is 9.53 Å². The van der Waals surface area contributed by atoms with Crippen molar-refractivity contribution >= 4 is 11.6 Å². The van der Waals surface area contributed by atoms with Crippen LogP contribution in [0, 0.1) is 5.92 Å². The molecule has 1 fully saturated rings. The molecule has 4 heteroatoms. The van der Waals surface area contributed by atoms with E-state index in [1.54, 1.807) is 0 Å². The molecule has 2 N–H and O–H groups in total. The highest BCUT2D eigenvalue weighted by Gasteiger charge is 2.33. The number of benzene rings is 1. The molecule has 21 heavy (non-hydrogen) atoms. The lowest BCUT2D eigenvalue weighted by Gasteiger charge is -2.20. The highest BCUT2D eigenvalue weighted by molar-refractivity contribution is 5.94. The lowest BCUT2D eigenvalue weighted by molar-refractivity contribution is -0.120. The smallest absolute Gasteiger partial charge is 0.231 e. The number of para-hydroxylation sites is 1. The maximum absolute atomic E-state index is 12.5. The Morgan fingerprint density at radius 3 is 2.81 bits per heavy atom. The summed E-state index contributed by atoms with van der Waals surface area (Å²) in [5.41, 5.74) is 2.08. The third kappa shape index (κ3) is 4.05. The fraction of sp³-hybridized carbons (Fsp3) is 0.588. The van der Waals surface area contributed by atoms with E-state index in [4.69, 9.17) is 4.74 Å². The van der Waals surface area contributed by atoms with Crippen LogP contribution in [0.5, 0.6) is 0 Å². The molecule has 1 aromatic carbocycles. The van der Waals surface area contributed by atoms with Gasteiger partial charge >= 0.3 is 0 Å². The lowest BCUT2D eigenvalue weighted by atomic mass is 9.99. The molecule has 4 nitrogen and oxygen atoms in total. The van der Waals surface area contributed by atoms with Gasteiger partial charge in [0.1, 0.15) is 0 Å². The van der Waals surface area contributed by atoms with Gasteiger partial charge in [-0.3, -0.25) is 4.79 Å². The summed E-state index contributed by atoms with van der Waals surface area (Å²) in [5.74, 6) is 0.321. The van der Waals surface area contributed by atoms with Gasteiger partial charge in [0.2, 0.25) is 5.91 Å². The van der Waals surface area contributed by atoms with Crippen molar-refractivity contribution in [2.24, 2.45) is 5.92 Å². The summed E-state index contributed by atoms with van der Waals surface area (Å²) < 4.78 is 5.48. The maximum atomic E-state index is 12.5. The van der Waals surface area contributed by atoms with Crippen LogP contribution >= 0.6 is 0 Å². The van der Waals surface area contributed by atoms with Crippen molar-refractivity contribution in [3.05, 3.63) is 29.8 Å². The van der Waals surface area contributed by atoms with E-state index in [0.29, 0.717) is 19.1 Å². The van der Waals surface area contributed by atoms with E-state index in [-0.39, 0.29) is 17.9 Å². The Morgan fingerprint density at radius 2 is 2.10 bits per heavy atom. The average Bonchev–Trinajstić information content (AvgIpc) is 2.94. The molecule has 2 rings (SSSR count). The van der Waals surface area contributed by atoms with E-state index in [1.807, 2.05) is 18.2 Å². The molecule has 1 saturated heterocycles. The molecule has 0 spiro atoms. The Labute approximate surface area is 127 Å².